The maximum Gasteiger partial charge on any atom is 0.417 e. The molecule has 5 N–H and O–H groups in total. The Kier molecular flexibility index (Phi) is 4.01. The van der Waals surface area contributed by atoms with E-state index < -0.39 is 11.4 Å². The molecule has 20 heavy (non-hydrogen) atoms. The highest BCUT2D eigenvalue weighted by atomic mass is 16.5. The highest BCUT2D eigenvalue weighted by Gasteiger charge is 2.20. The molecule has 0 saturated carbocycles. The monoisotopic (exact) mass is 281 g/mol. The van der Waals surface area contributed by atoms with Crippen molar-refractivity contribution in [2.75, 3.05) is 31.3 Å². The van der Waals surface area contributed by atoms with Crippen LogP contribution in [0.5, 0.6) is 0 Å². The number of benzene rings is 1. The Balaban J connectivity index is 2.13. The number of hydrogen-bond acceptors (Lipinski definition) is 6. The Hall–Kier alpha value is -1.99. The summed E-state index contributed by atoms with van der Waals surface area (Å²) >= 11 is 0. The third kappa shape index (κ3) is 3.31. The molecule has 7 heteroatoms. The molecule has 0 fully saturated rings. The number of H-pyrrole nitrogens is 1. The minimum atomic E-state index is -0.915. The van der Waals surface area contributed by atoms with Crippen LogP contribution in [0.25, 0.3) is 11.1 Å². The van der Waals surface area contributed by atoms with E-state index in [-0.39, 0.29) is 0 Å². The first-order valence-electron chi connectivity index (χ1n) is 6.29. The van der Waals surface area contributed by atoms with Crippen LogP contribution >= 0.6 is 0 Å². The van der Waals surface area contributed by atoms with Crippen LogP contribution in [0.4, 0.5) is 11.4 Å². The molecule has 0 radical (unpaired) electrons. The molecule has 2 aromatic rings. The van der Waals surface area contributed by atoms with E-state index >= 15 is 0 Å². The molecule has 2 rings (SSSR count). The molecule has 1 aromatic carbocycles. The molecule has 0 aliphatic rings. The first kappa shape index (κ1) is 14.4. The molecule has 1 unspecified atom stereocenters. The van der Waals surface area contributed by atoms with Gasteiger partial charge in [0, 0.05) is 32.7 Å². The zero-order valence-corrected chi connectivity index (χ0v) is 11.5. The van der Waals surface area contributed by atoms with E-state index in [1.54, 1.807) is 26.2 Å². The van der Waals surface area contributed by atoms with Gasteiger partial charge in [0.25, 0.3) is 0 Å². The highest BCUT2D eigenvalue weighted by molar-refractivity contribution is 5.85. The van der Waals surface area contributed by atoms with Gasteiger partial charge in [0.05, 0.1) is 22.5 Å². The lowest BCUT2D eigenvalue weighted by Crippen LogP contribution is -2.34. The van der Waals surface area contributed by atoms with Crippen molar-refractivity contribution in [3.8, 4) is 0 Å². The minimum absolute atomic E-state index is 0.314. The lowest BCUT2D eigenvalue weighted by atomic mass is 10.0. The predicted molar refractivity (Wildman–Crippen MR) is 76.9 cm³/mol. The average Bonchev–Trinajstić information content (AvgIpc) is 2.73. The molecular weight excluding hydrogens is 262 g/mol. The minimum Gasteiger partial charge on any atom is -0.408 e. The predicted octanol–water partition coefficient (Wildman–Crippen LogP) is 0.903. The number of oxazole rings is 1. The smallest absolute Gasteiger partial charge is 0.408 e. The van der Waals surface area contributed by atoms with Gasteiger partial charge in [-0.1, -0.05) is 0 Å². The number of fused-ring (bicyclic) bond motifs is 1. The normalized spacial score (nSPS) is 14.3. The van der Waals surface area contributed by atoms with E-state index in [0.29, 0.717) is 42.0 Å². The Morgan fingerprint density at radius 2 is 2.30 bits per heavy atom. The third-order valence-corrected chi connectivity index (χ3v) is 3.10. The number of nitrogen functional groups attached to an aromatic ring is 1. The lowest BCUT2D eigenvalue weighted by molar-refractivity contribution is 0.0358. The van der Waals surface area contributed by atoms with Gasteiger partial charge in [0.1, 0.15) is 0 Å². The third-order valence-electron chi connectivity index (χ3n) is 3.10. The highest BCUT2D eigenvalue weighted by Crippen LogP contribution is 2.25. The van der Waals surface area contributed by atoms with Crippen molar-refractivity contribution in [3.63, 3.8) is 0 Å². The SMILES string of the molecule is COCCC(C)(O)CNc1cc2[nH]c(=O)oc2cc1N. The van der Waals surface area contributed by atoms with Gasteiger partial charge in [-0.3, -0.25) is 4.98 Å². The van der Waals surface area contributed by atoms with Crippen molar-refractivity contribution in [2.45, 2.75) is 18.9 Å². The van der Waals surface area contributed by atoms with Crippen LogP contribution in [0.1, 0.15) is 13.3 Å². The van der Waals surface area contributed by atoms with Crippen LogP contribution in [-0.2, 0) is 4.74 Å². The summed E-state index contributed by atoms with van der Waals surface area (Å²) in [6.45, 7) is 2.50. The fourth-order valence-electron chi connectivity index (χ4n) is 1.86. The summed E-state index contributed by atoms with van der Waals surface area (Å²) in [5.41, 5.74) is 7.01. The fourth-order valence-corrected chi connectivity index (χ4v) is 1.86. The average molecular weight is 281 g/mol. The zero-order valence-electron chi connectivity index (χ0n) is 11.5. The van der Waals surface area contributed by atoms with E-state index in [4.69, 9.17) is 14.9 Å². The van der Waals surface area contributed by atoms with Gasteiger partial charge in [0.2, 0.25) is 0 Å². The van der Waals surface area contributed by atoms with Gasteiger partial charge in [-0.05, 0) is 13.0 Å². The second-order valence-corrected chi connectivity index (χ2v) is 5.04. The van der Waals surface area contributed by atoms with Crippen LogP contribution in [0.3, 0.4) is 0 Å². The summed E-state index contributed by atoms with van der Waals surface area (Å²) in [5, 5.41) is 13.2. The molecule has 1 aromatic heterocycles. The number of nitrogens with one attached hydrogen (secondary N) is 2. The van der Waals surface area contributed by atoms with Crippen molar-refractivity contribution >= 4 is 22.5 Å². The molecule has 110 valence electrons. The molecule has 0 bridgehead atoms. The van der Waals surface area contributed by atoms with Crippen LogP contribution in [0.15, 0.2) is 21.3 Å². The first-order chi connectivity index (χ1) is 9.41. The number of ether oxygens (including phenoxy) is 1. The maximum atomic E-state index is 11.1. The van der Waals surface area contributed by atoms with Gasteiger partial charge >= 0.3 is 5.76 Å². The number of aromatic amines is 1. The van der Waals surface area contributed by atoms with Crippen LogP contribution < -0.4 is 16.8 Å². The van der Waals surface area contributed by atoms with E-state index in [1.807, 2.05) is 0 Å². The summed E-state index contributed by atoms with van der Waals surface area (Å²) in [7, 11) is 1.59. The lowest BCUT2D eigenvalue weighted by Gasteiger charge is -2.24. The quantitative estimate of drug-likeness (QED) is 0.585. The standard InChI is InChI=1S/C13H19N3O4/c1-13(18,3-4-19-2)7-15-9-6-10-11(5-8(9)14)20-12(17)16-10/h5-6,15,18H,3-4,7,14H2,1-2H3,(H,16,17). The van der Waals surface area contributed by atoms with Crippen LogP contribution in [-0.4, -0.2) is 36.0 Å². The van der Waals surface area contributed by atoms with Crippen molar-refractivity contribution in [3.05, 3.63) is 22.7 Å². The number of aliphatic hydroxyl groups is 1. The molecule has 0 spiro atoms. The Labute approximate surface area is 115 Å². The maximum absolute atomic E-state index is 11.1. The number of methoxy groups -OCH3 is 1. The van der Waals surface area contributed by atoms with Crippen molar-refractivity contribution in [1.29, 1.82) is 0 Å². The number of rotatable bonds is 6. The van der Waals surface area contributed by atoms with Crippen LogP contribution in [0, 0.1) is 0 Å². The summed E-state index contributed by atoms with van der Waals surface area (Å²) in [6, 6.07) is 3.25. The van der Waals surface area contributed by atoms with E-state index in [0.717, 1.165) is 0 Å². The summed E-state index contributed by atoms with van der Waals surface area (Å²) in [6.07, 6.45) is 0.501. The molecule has 0 amide bonds. The van der Waals surface area contributed by atoms with Gasteiger partial charge in [-0.25, -0.2) is 4.79 Å². The number of anilines is 2. The Bertz CT molecular complexity index is 645. The molecular formula is C13H19N3O4. The molecule has 0 saturated heterocycles. The summed E-state index contributed by atoms with van der Waals surface area (Å²) in [5.74, 6) is -0.524. The van der Waals surface area contributed by atoms with E-state index in [2.05, 4.69) is 10.3 Å². The number of hydrogen-bond donors (Lipinski definition) is 4. The van der Waals surface area contributed by atoms with Gasteiger partial charge in [0.15, 0.2) is 5.58 Å². The second kappa shape index (κ2) is 5.56. The first-order valence-corrected chi connectivity index (χ1v) is 6.29. The van der Waals surface area contributed by atoms with Crippen molar-refractivity contribution in [2.24, 2.45) is 0 Å². The largest absolute Gasteiger partial charge is 0.417 e. The molecule has 1 atom stereocenters. The molecule has 7 nitrogen and oxygen atoms in total. The Morgan fingerprint density at radius 1 is 1.55 bits per heavy atom. The van der Waals surface area contributed by atoms with E-state index in [1.165, 1.54) is 0 Å². The van der Waals surface area contributed by atoms with Crippen molar-refractivity contribution < 1.29 is 14.3 Å². The fraction of sp³-hybridized carbons (Fsp3) is 0.462. The van der Waals surface area contributed by atoms with Crippen molar-refractivity contribution in [1.82, 2.24) is 4.98 Å². The van der Waals surface area contributed by atoms with Gasteiger partial charge in [-0.15, -0.1) is 0 Å². The van der Waals surface area contributed by atoms with E-state index in [9.17, 15) is 9.90 Å². The Morgan fingerprint density at radius 3 is 3.00 bits per heavy atom. The topological polar surface area (TPSA) is 114 Å². The molecule has 0 aliphatic heterocycles. The summed E-state index contributed by atoms with van der Waals surface area (Å²) in [4.78, 5) is 13.7. The van der Waals surface area contributed by atoms with Gasteiger partial charge < -0.3 is 25.3 Å². The molecule has 1 heterocycles. The second-order valence-electron chi connectivity index (χ2n) is 5.04. The number of aromatic nitrogens is 1. The van der Waals surface area contributed by atoms with Crippen LogP contribution in [0.2, 0.25) is 0 Å². The zero-order chi connectivity index (χ0) is 14.8. The van der Waals surface area contributed by atoms with Gasteiger partial charge in [-0.2, -0.15) is 0 Å². The number of nitrogens with two attached hydrogens (primary N) is 1. The summed E-state index contributed by atoms with van der Waals surface area (Å²) < 4.78 is 9.87. The molecule has 0 aliphatic carbocycles.